The zero-order valence-electron chi connectivity index (χ0n) is 10.7. The molecule has 0 aliphatic rings. The van der Waals surface area contributed by atoms with E-state index in [1.54, 1.807) is 13.2 Å². The van der Waals surface area contributed by atoms with Gasteiger partial charge in [-0.15, -0.1) is 11.3 Å². The predicted octanol–water partition coefficient (Wildman–Crippen LogP) is 3.42. The molecular formula is C14H11FN2O2S. The first-order valence-corrected chi connectivity index (χ1v) is 6.79. The van der Waals surface area contributed by atoms with Gasteiger partial charge in [-0.1, -0.05) is 0 Å². The average Bonchev–Trinajstić information content (AvgIpc) is 2.94. The van der Waals surface area contributed by atoms with Crippen LogP contribution in [0.3, 0.4) is 0 Å². The van der Waals surface area contributed by atoms with E-state index < -0.39 is 0 Å². The lowest BCUT2D eigenvalue weighted by atomic mass is 10.2. The van der Waals surface area contributed by atoms with Crippen molar-refractivity contribution in [1.82, 2.24) is 9.97 Å². The molecule has 2 aromatic heterocycles. The minimum atomic E-state index is -0.326. The van der Waals surface area contributed by atoms with E-state index in [9.17, 15) is 4.39 Å². The highest BCUT2D eigenvalue weighted by Crippen LogP contribution is 2.27. The molecule has 0 fully saturated rings. The molecule has 0 atom stereocenters. The quantitative estimate of drug-likeness (QED) is 0.738. The first-order valence-electron chi connectivity index (χ1n) is 5.91. The standard InChI is InChI=1S/C14H11FN2O2S/c1-18-12-3-2-10(15)6-9(12)7-19-13-11-4-5-20-14(11)17-8-16-13/h2-6,8H,7H2,1H3. The molecule has 0 saturated carbocycles. The van der Waals surface area contributed by atoms with Crippen molar-refractivity contribution < 1.29 is 13.9 Å². The first-order chi connectivity index (χ1) is 9.78. The lowest BCUT2D eigenvalue weighted by molar-refractivity contribution is 0.288. The van der Waals surface area contributed by atoms with Gasteiger partial charge in [0.1, 0.15) is 29.3 Å². The third-order valence-corrected chi connectivity index (χ3v) is 3.65. The van der Waals surface area contributed by atoms with Crippen molar-refractivity contribution in [3.8, 4) is 11.6 Å². The zero-order valence-corrected chi connectivity index (χ0v) is 11.5. The Morgan fingerprint density at radius 3 is 3.00 bits per heavy atom. The van der Waals surface area contributed by atoms with Gasteiger partial charge in [-0.2, -0.15) is 0 Å². The van der Waals surface area contributed by atoms with Gasteiger partial charge in [-0.25, -0.2) is 14.4 Å². The van der Waals surface area contributed by atoms with Crippen LogP contribution < -0.4 is 9.47 Å². The fraction of sp³-hybridized carbons (Fsp3) is 0.143. The average molecular weight is 290 g/mol. The normalized spacial score (nSPS) is 10.7. The van der Waals surface area contributed by atoms with Gasteiger partial charge < -0.3 is 9.47 Å². The van der Waals surface area contributed by atoms with Gasteiger partial charge in [0.15, 0.2) is 0 Å². The van der Waals surface area contributed by atoms with Crippen molar-refractivity contribution in [2.75, 3.05) is 7.11 Å². The van der Waals surface area contributed by atoms with E-state index in [1.165, 1.54) is 29.8 Å². The molecule has 4 nitrogen and oxygen atoms in total. The van der Waals surface area contributed by atoms with Crippen molar-refractivity contribution in [2.24, 2.45) is 0 Å². The number of aromatic nitrogens is 2. The van der Waals surface area contributed by atoms with Crippen LogP contribution in [-0.4, -0.2) is 17.1 Å². The lowest BCUT2D eigenvalue weighted by Gasteiger charge is -2.10. The SMILES string of the molecule is COc1ccc(F)cc1COc1ncnc2sccc12. The molecule has 0 spiro atoms. The molecule has 6 heteroatoms. The number of benzene rings is 1. The Morgan fingerprint density at radius 2 is 2.15 bits per heavy atom. The zero-order chi connectivity index (χ0) is 13.9. The number of hydrogen-bond donors (Lipinski definition) is 0. The number of halogens is 1. The second-order valence-corrected chi connectivity index (χ2v) is 4.96. The maximum absolute atomic E-state index is 13.3. The first kappa shape index (κ1) is 12.8. The maximum Gasteiger partial charge on any atom is 0.225 e. The molecule has 0 aliphatic heterocycles. The van der Waals surface area contributed by atoms with E-state index in [0.717, 1.165) is 10.2 Å². The van der Waals surface area contributed by atoms with Gasteiger partial charge >= 0.3 is 0 Å². The summed E-state index contributed by atoms with van der Waals surface area (Å²) in [6, 6.07) is 6.22. The fourth-order valence-corrected chi connectivity index (χ4v) is 2.61. The van der Waals surface area contributed by atoms with E-state index in [2.05, 4.69) is 9.97 Å². The molecule has 0 radical (unpaired) electrons. The summed E-state index contributed by atoms with van der Waals surface area (Å²) in [7, 11) is 1.54. The number of rotatable bonds is 4. The van der Waals surface area contributed by atoms with E-state index in [1.807, 2.05) is 11.4 Å². The smallest absolute Gasteiger partial charge is 0.225 e. The van der Waals surface area contributed by atoms with Crippen molar-refractivity contribution in [3.63, 3.8) is 0 Å². The maximum atomic E-state index is 13.3. The summed E-state index contributed by atoms with van der Waals surface area (Å²) in [4.78, 5) is 9.12. The summed E-state index contributed by atoms with van der Waals surface area (Å²) in [5.41, 5.74) is 0.634. The van der Waals surface area contributed by atoms with Crippen molar-refractivity contribution in [2.45, 2.75) is 6.61 Å². The Balaban J connectivity index is 1.86. The van der Waals surface area contributed by atoms with Gasteiger partial charge in [0.25, 0.3) is 0 Å². The Labute approximate surface area is 118 Å². The molecule has 0 aliphatic carbocycles. The number of methoxy groups -OCH3 is 1. The monoisotopic (exact) mass is 290 g/mol. The Bertz CT molecular complexity index is 745. The van der Waals surface area contributed by atoms with Gasteiger partial charge in [0.05, 0.1) is 12.5 Å². The van der Waals surface area contributed by atoms with Crippen LogP contribution >= 0.6 is 11.3 Å². The summed E-state index contributed by atoms with van der Waals surface area (Å²) in [5.74, 6) is 0.748. The van der Waals surface area contributed by atoms with E-state index >= 15 is 0 Å². The molecule has 0 saturated heterocycles. The highest BCUT2D eigenvalue weighted by Gasteiger charge is 2.09. The van der Waals surface area contributed by atoms with Crippen LogP contribution in [0.4, 0.5) is 4.39 Å². The van der Waals surface area contributed by atoms with Crippen LogP contribution in [-0.2, 0) is 6.61 Å². The second kappa shape index (κ2) is 5.42. The molecule has 102 valence electrons. The molecular weight excluding hydrogens is 279 g/mol. The topological polar surface area (TPSA) is 44.2 Å². The summed E-state index contributed by atoms with van der Waals surface area (Å²) in [6.07, 6.45) is 1.46. The summed E-state index contributed by atoms with van der Waals surface area (Å²) >= 11 is 1.52. The molecule has 0 amide bonds. The number of fused-ring (bicyclic) bond motifs is 1. The second-order valence-electron chi connectivity index (χ2n) is 4.06. The molecule has 20 heavy (non-hydrogen) atoms. The molecule has 0 unspecified atom stereocenters. The largest absolute Gasteiger partial charge is 0.496 e. The minimum Gasteiger partial charge on any atom is -0.496 e. The third-order valence-electron chi connectivity index (χ3n) is 2.83. The lowest BCUT2D eigenvalue weighted by Crippen LogP contribution is -2.01. The fourth-order valence-electron chi connectivity index (χ4n) is 1.89. The highest BCUT2D eigenvalue weighted by molar-refractivity contribution is 7.16. The van der Waals surface area contributed by atoms with Crippen molar-refractivity contribution >= 4 is 21.6 Å². The molecule has 3 aromatic rings. The Kier molecular flexibility index (Phi) is 3.47. The van der Waals surface area contributed by atoms with Gasteiger partial charge in [-0.3, -0.25) is 0 Å². The van der Waals surface area contributed by atoms with E-state index in [0.29, 0.717) is 17.2 Å². The van der Waals surface area contributed by atoms with Crippen LogP contribution in [0.1, 0.15) is 5.56 Å². The Hall–Kier alpha value is -2.21. The molecule has 0 bridgehead atoms. The molecule has 0 N–H and O–H groups in total. The number of nitrogens with zero attached hydrogens (tertiary/aromatic N) is 2. The molecule has 3 rings (SSSR count). The van der Waals surface area contributed by atoms with Gasteiger partial charge in [-0.05, 0) is 29.6 Å². The number of thiophene rings is 1. The number of ether oxygens (including phenoxy) is 2. The Morgan fingerprint density at radius 1 is 1.25 bits per heavy atom. The van der Waals surface area contributed by atoms with Crippen LogP contribution in [0.15, 0.2) is 36.0 Å². The molecule has 2 heterocycles. The van der Waals surface area contributed by atoms with Crippen LogP contribution in [0.5, 0.6) is 11.6 Å². The van der Waals surface area contributed by atoms with Crippen molar-refractivity contribution in [1.29, 1.82) is 0 Å². The van der Waals surface area contributed by atoms with Gasteiger partial charge in [0, 0.05) is 5.56 Å². The third kappa shape index (κ3) is 2.42. The summed E-state index contributed by atoms with van der Waals surface area (Å²) < 4.78 is 24.1. The van der Waals surface area contributed by atoms with Crippen molar-refractivity contribution in [3.05, 3.63) is 47.4 Å². The predicted molar refractivity (Wildman–Crippen MR) is 74.7 cm³/mol. The molecule has 1 aromatic carbocycles. The van der Waals surface area contributed by atoms with E-state index in [4.69, 9.17) is 9.47 Å². The van der Waals surface area contributed by atoms with E-state index in [-0.39, 0.29) is 12.4 Å². The van der Waals surface area contributed by atoms with Crippen LogP contribution in [0, 0.1) is 5.82 Å². The van der Waals surface area contributed by atoms with Gasteiger partial charge in [0.2, 0.25) is 5.88 Å². The van der Waals surface area contributed by atoms with Crippen LogP contribution in [0.25, 0.3) is 10.2 Å². The van der Waals surface area contributed by atoms with Crippen LogP contribution in [0.2, 0.25) is 0 Å². The number of hydrogen-bond acceptors (Lipinski definition) is 5. The summed E-state index contributed by atoms with van der Waals surface area (Å²) in [5, 5.41) is 2.78. The minimum absolute atomic E-state index is 0.183. The summed E-state index contributed by atoms with van der Waals surface area (Å²) in [6.45, 7) is 0.183. The highest BCUT2D eigenvalue weighted by atomic mass is 32.1.